The lowest BCUT2D eigenvalue weighted by Crippen LogP contribution is -2.16. The number of halogens is 1. The topological polar surface area (TPSA) is 46.5 Å². The van der Waals surface area contributed by atoms with Crippen LogP contribution in [0.4, 0.5) is 4.39 Å². The van der Waals surface area contributed by atoms with Crippen molar-refractivity contribution in [1.82, 2.24) is 0 Å². The van der Waals surface area contributed by atoms with Crippen LogP contribution in [0.25, 0.3) is 0 Å². The molecule has 3 nitrogen and oxygen atoms in total. The lowest BCUT2D eigenvalue weighted by atomic mass is 10.1. The number of methoxy groups -OCH3 is 1. The van der Waals surface area contributed by atoms with Gasteiger partial charge in [-0.25, -0.2) is 4.39 Å². The van der Waals surface area contributed by atoms with E-state index < -0.39 is 17.0 Å². The minimum Gasteiger partial charge on any atom is -0.494 e. The molecule has 82 valence electrons. The maximum atomic E-state index is 13.2. The van der Waals surface area contributed by atoms with Crippen LogP contribution in [0.3, 0.4) is 0 Å². The van der Waals surface area contributed by atoms with E-state index in [1.54, 1.807) is 6.07 Å². The van der Waals surface area contributed by atoms with Crippen LogP contribution in [0.2, 0.25) is 0 Å². The number of hydrogen-bond donors (Lipinski definition) is 2. The summed E-state index contributed by atoms with van der Waals surface area (Å²) in [6.45, 7) is 0. The van der Waals surface area contributed by atoms with Crippen LogP contribution in [0.15, 0.2) is 18.2 Å². The van der Waals surface area contributed by atoms with E-state index >= 15 is 0 Å². The number of hydrogen-bond acceptors (Lipinski definition) is 3. The van der Waals surface area contributed by atoms with Crippen molar-refractivity contribution < 1.29 is 19.0 Å². The molecule has 0 aliphatic carbocycles. The highest BCUT2D eigenvalue weighted by Crippen LogP contribution is 2.19. The molecule has 0 amide bonds. The Kier molecular flexibility index (Phi) is 3.96. The van der Waals surface area contributed by atoms with Gasteiger partial charge in [0.25, 0.3) is 0 Å². The molecular formula is C10H11FO3S. The molecule has 0 heterocycles. The summed E-state index contributed by atoms with van der Waals surface area (Å²) >= 11 is 3.87. The van der Waals surface area contributed by atoms with Crippen molar-refractivity contribution >= 4 is 18.6 Å². The summed E-state index contributed by atoms with van der Waals surface area (Å²) in [6.07, 6.45) is 0.180. The zero-order valence-corrected chi connectivity index (χ0v) is 9.00. The second-order valence-corrected chi connectivity index (χ2v) is 3.65. The van der Waals surface area contributed by atoms with Gasteiger partial charge in [-0.05, 0) is 24.1 Å². The van der Waals surface area contributed by atoms with Gasteiger partial charge in [0.1, 0.15) is 5.25 Å². The van der Waals surface area contributed by atoms with E-state index in [4.69, 9.17) is 9.84 Å². The molecule has 0 saturated heterocycles. The van der Waals surface area contributed by atoms with Crippen molar-refractivity contribution in [3.63, 3.8) is 0 Å². The maximum Gasteiger partial charge on any atom is 0.316 e. The third kappa shape index (κ3) is 3.13. The van der Waals surface area contributed by atoms with E-state index in [1.165, 1.54) is 19.2 Å². The SMILES string of the molecule is COc1ccc(CC(S)C(=O)O)cc1F. The van der Waals surface area contributed by atoms with Crippen LogP contribution < -0.4 is 4.74 Å². The minimum atomic E-state index is -1.02. The van der Waals surface area contributed by atoms with Gasteiger partial charge >= 0.3 is 5.97 Å². The molecule has 1 rings (SSSR count). The predicted molar refractivity (Wildman–Crippen MR) is 57.1 cm³/mol. The average molecular weight is 230 g/mol. The summed E-state index contributed by atoms with van der Waals surface area (Å²) in [4.78, 5) is 10.5. The van der Waals surface area contributed by atoms with Crippen LogP contribution in [0.1, 0.15) is 5.56 Å². The monoisotopic (exact) mass is 230 g/mol. The fraction of sp³-hybridized carbons (Fsp3) is 0.300. The van der Waals surface area contributed by atoms with E-state index in [0.29, 0.717) is 5.56 Å². The minimum absolute atomic E-state index is 0.143. The van der Waals surface area contributed by atoms with Crippen molar-refractivity contribution in [2.45, 2.75) is 11.7 Å². The predicted octanol–water partition coefficient (Wildman–Crippen LogP) is 1.76. The summed E-state index contributed by atoms with van der Waals surface area (Å²) in [5.74, 6) is -1.37. The highest BCUT2D eigenvalue weighted by atomic mass is 32.1. The van der Waals surface area contributed by atoms with E-state index in [1.807, 2.05) is 0 Å². The number of carboxylic acids is 1. The quantitative estimate of drug-likeness (QED) is 0.775. The molecule has 5 heteroatoms. The number of carboxylic acid groups (broad SMARTS) is 1. The molecule has 1 unspecified atom stereocenters. The van der Waals surface area contributed by atoms with Gasteiger partial charge in [-0.1, -0.05) is 6.07 Å². The van der Waals surface area contributed by atoms with E-state index in [0.717, 1.165) is 0 Å². The number of benzene rings is 1. The summed E-state index contributed by atoms with van der Waals surface area (Å²) < 4.78 is 17.9. The van der Waals surface area contributed by atoms with Crippen LogP contribution >= 0.6 is 12.6 Å². The largest absolute Gasteiger partial charge is 0.494 e. The number of aliphatic carboxylic acids is 1. The van der Waals surface area contributed by atoms with Crippen LogP contribution in [0, 0.1) is 5.82 Å². The number of thiol groups is 1. The zero-order valence-electron chi connectivity index (χ0n) is 8.11. The first-order valence-electron chi connectivity index (χ1n) is 4.28. The molecule has 0 saturated carbocycles. The standard InChI is InChI=1S/C10H11FO3S/c1-14-8-3-2-6(4-7(8)11)5-9(15)10(12)13/h2-4,9,15H,5H2,1H3,(H,12,13). The van der Waals surface area contributed by atoms with Crippen molar-refractivity contribution in [3.05, 3.63) is 29.6 Å². The molecule has 1 atom stereocenters. The lowest BCUT2D eigenvalue weighted by Gasteiger charge is -2.07. The number of carbonyl (C=O) groups is 1. The zero-order chi connectivity index (χ0) is 11.4. The molecule has 0 aromatic heterocycles. The van der Waals surface area contributed by atoms with E-state index in [2.05, 4.69) is 12.6 Å². The molecule has 15 heavy (non-hydrogen) atoms. The molecule has 1 aromatic carbocycles. The summed E-state index contributed by atoms with van der Waals surface area (Å²) in [5, 5.41) is 7.80. The molecule has 0 fully saturated rings. The van der Waals surface area contributed by atoms with Gasteiger partial charge in [-0.2, -0.15) is 12.6 Å². The highest BCUT2D eigenvalue weighted by Gasteiger charge is 2.13. The van der Waals surface area contributed by atoms with Gasteiger partial charge in [0, 0.05) is 0 Å². The maximum absolute atomic E-state index is 13.2. The number of ether oxygens (including phenoxy) is 1. The van der Waals surface area contributed by atoms with Crippen LogP contribution in [-0.4, -0.2) is 23.4 Å². The summed E-state index contributed by atoms with van der Waals surface area (Å²) in [5.41, 5.74) is 0.579. The van der Waals surface area contributed by atoms with Crippen LogP contribution in [0.5, 0.6) is 5.75 Å². The van der Waals surface area contributed by atoms with Gasteiger partial charge in [-0.15, -0.1) is 0 Å². The number of rotatable bonds is 4. The molecule has 0 spiro atoms. The molecular weight excluding hydrogens is 219 g/mol. The molecule has 0 bridgehead atoms. The van der Waals surface area contributed by atoms with Crippen molar-refractivity contribution in [2.75, 3.05) is 7.11 Å². The second kappa shape index (κ2) is 5.02. The summed E-state index contributed by atoms with van der Waals surface area (Å²) in [6, 6.07) is 4.34. The Bertz CT molecular complexity index is 368. The average Bonchev–Trinajstić information content (AvgIpc) is 2.18. The fourth-order valence-corrected chi connectivity index (χ4v) is 1.36. The molecule has 0 radical (unpaired) electrons. The third-order valence-corrected chi connectivity index (χ3v) is 2.33. The van der Waals surface area contributed by atoms with Crippen molar-refractivity contribution in [1.29, 1.82) is 0 Å². The molecule has 1 aromatic rings. The van der Waals surface area contributed by atoms with E-state index in [9.17, 15) is 9.18 Å². The Morgan fingerprint density at radius 1 is 1.67 bits per heavy atom. The smallest absolute Gasteiger partial charge is 0.316 e. The normalized spacial score (nSPS) is 12.2. The first-order chi connectivity index (χ1) is 7.04. The molecule has 0 aliphatic heterocycles. The van der Waals surface area contributed by atoms with Gasteiger partial charge in [0.15, 0.2) is 11.6 Å². The Morgan fingerprint density at radius 2 is 2.33 bits per heavy atom. The Morgan fingerprint density at radius 3 is 2.80 bits per heavy atom. The van der Waals surface area contributed by atoms with Crippen LogP contribution in [-0.2, 0) is 11.2 Å². The van der Waals surface area contributed by atoms with Crippen molar-refractivity contribution in [2.24, 2.45) is 0 Å². The summed E-state index contributed by atoms with van der Waals surface area (Å²) in [7, 11) is 1.37. The van der Waals surface area contributed by atoms with Gasteiger partial charge in [0.2, 0.25) is 0 Å². The first kappa shape index (κ1) is 11.8. The highest BCUT2D eigenvalue weighted by molar-refractivity contribution is 7.81. The van der Waals surface area contributed by atoms with E-state index in [-0.39, 0.29) is 12.2 Å². The Balaban J connectivity index is 2.79. The lowest BCUT2D eigenvalue weighted by molar-refractivity contribution is -0.136. The first-order valence-corrected chi connectivity index (χ1v) is 4.79. The van der Waals surface area contributed by atoms with Gasteiger partial charge < -0.3 is 9.84 Å². The van der Waals surface area contributed by atoms with Gasteiger partial charge in [-0.3, -0.25) is 4.79 Å². The molecule has 1 N–H and O–H groups in total. The van der Waals surface area contributed by atoms with Gasteiger partial charge in [0.05, 0.1) is 7.11 Å². The second-order valence-electron chi connectivity index (χ2n) is 3.03. The molecule has 0 aliphatic rings. The Labute approximate surface area is 92.3 Å². The third-order valence-electron chi connectivity index (χ3n) is 1.93. The Hall–Kier alpha value is -1.23. The fourth-order valence-electron chi connectivity index (χ4n) is 1.15. The van der Waals surface area contributed by atoms with Crippen molar-refractivity contribution in [3.8, 4) is 5.75 Å².